The average molecular weight is 632 g/mol. The minimum absolute atomic E-state index is 0.00710. The molecular formula is C26H20F7N5O4S. The lowest BCUT2D eigenvalue weighted by molar-refractivity contribution is 0.139. The molecule has 0 aliphatic heterocycles. The number of anilines is 5. The van der Waals surface area contributed by atoms with E-state index in [0.717, 1.165) is 18.3 Å². The summed E-state index contributed by atoms with van der Waals surface area (Å²) < 4.78 is 134. The van der Waals surface area contributed by atoms with Crippen LogP contribution in [-0.4, -0.2) is 38.7 Å². The lowest BCUT2D eigenvalue weighted by atomic mass is 10.2. The number of alkyl halides is 2. The molecule has 4 rings (SSSR count). The van der Waals surface area contributed by atoms with Crippen LogP contribution in [0, 0.1) is 29.1 Å². The summed E-state index contributed by atoms with van der Waals surface area (Å²) in [7, 11) is -3.89. The predicted octanol–water partition coefficient (Wildman–Crippen LogP) is 6.42. The number of sulfonamides is 1. The molecule has 17 heteroatoms. The van der Waals surface area contributed by atoms with Crippen molar-refractivity contribution in [1.82, 2.24) is 9.97 Å². The van der Waals surface area contributed by atoms with Gasteiger partial charge in [-0.15, -0.1) is 0 Å². The van der Waals surface area contributed by atoms with E-state index in [1.54, 1.807) is 36.1 Å². The smallest absolute Gasteiger partial charge is 0.268 e. The van der Waals surface area contributed by atoms with E-state index in [1.807, 2.05) is 0 Å². The van der Waals surface area contributed by atoms with Gasteiger partial charge in [-0.3, -0.25) is 4.72 Å². The van der Waals surface area contributed by atoms with E-state index < -0.39 is 61.7 Å². The van der Waals surface area contributed by atoms with Gasteiger partial charge in [-0.2, -0.15) is 4.98 Å². The Hall–Kier alpha value is -4.64. The highest BCUT2D eigenvalue weighted by molar-refractivity contribution is 7.92. The third kappa shape index (κ3) is 7.23. The molecule has 0 unspecified atom stereocenters. The van der Waals surface area contributed by atoms with Crippen LogP contribution in [0.3, 0.4) is 0 Å². The second-order valence-corrected chi connectivity index (χ2v) is 10.1. The summed E-state index contributed by atoms with van der Waals surface area (Å²) in [6, 6.07) is 11.3. The molecule has 0 atom stereocenters. The molecule has 3 N–H and O–H groups in total. The summed E-state index contributed by atoms with van der Waals surface area (Å²) in [5, 5.41) is 5.43. The van der Waals surface area contributed by atoms with E-state index in [-0.39, 0.29) is 17.5 Å². The van der Waals surface area contributed by atoms with E-state index >= 15 is 0 Å². The van der Waals surface area contributed by atoms with Crippen molar-refractivity contribution in [3.05, 3.63) is 89.4 Å². The standard InChI is InChI=1S/C26H20F7N5O4S/c1-41-9-10-42-16-7-5-13(6-8-16)36-26-34-12-17(27)25(37-26)35-14-3-2-4-15(11-14)38-43(39,40)23-18(24(32)33)19(28)20(29)21(30)22(23)31/h2-8,11-12,24,38H,9-10H2,1H3,(H2,34,35,36,37). The van der Waals surface area contributed by atoms with Gasteiger partial charge in [0.2, 0.25) is 5.95 Å². The molecule has 4 aromatic rings. The average Bonchev–Trinajstić information content (AvgIpc) is 2.96. The van der Waals surface area contributed by atoms with Crippen molar-refractivity contribution < 1.29 is 48.6 Å². The lowest BCUT2D eigenvalue weighted by Gasteiger charge is -2.15. The van der Waals surface area contributed by atoms with Crippen molar-refractivity contribution in [2.45, 2.75) is 11.3 Å². The number of aromatic nitrogens is 2. The van der Waals surface area contributed by atoms with Gasteiger partial charge in [-0.25, -0.2) is 44.1 Å². The highest BCUT2D eigenvalue weighted by atomic mass is 32.2. The number of hydrogen-bond donors (Lipinski definition) is 3. The monoisotopic (exact) mass is 631 g/mol. The van der Waals surface area contributed by atoms with Crippen LogP contribution in [0.2, 0.25) is 0 Å². The Morgan fingerprint density at radius 1 is 0.837 bits per heavy atom. The number of rotatable bonds is 12. The fourth-order valence-electron chi connectivity index (χ4n) is 3.61. The summed E-state index contributed by atoms with van der Waals surface area (Å²) in [4.78, 5) is 5.76. The number of halogens is 7. The zero-order valence-corrected chi connectivity index (χ0v) is 22.6. The Balaban J connectivity index is 1.54. The zero-order valence-electron chi connectivity index (χ0n) is 21.8. The number of ether oxygens (including phenoxy) is 2. The van der Waals surface area contributed by atoms with Crippen molar-refractivity contribution >= 4 is 38.9 Å². The van der Waals surface area contributed by atoms with Crippen molar-refractivity contribution in [1.29, 1.82) is 0 Å². The van der Waals surface area contributed by atoms with E-state index in [2.05, 4.69) is 20.6 Å². The molecule has 0 amide bonds. The Labute approximate surface area is 239 Å². The van der Waals surface area contributed by atoms with Crippen LogP contribution in [0.25, 0.3) is 0 Å². The minimum Gasteiger partial charge on any atom is -0.491 e. The van der Waals surface area contributed by atoms with Gasteiger partial charge in [0.05, 0.1) is 24.1 Å². The van der Waals surface area contributed by atoms with Crippen LogP contribution in [-0.2, 0) is 14.8 Å². The van der Waals surface area contributed by atoms with E-state index in [0.29, 0.717) is 24.7 Å². The summed E-state index contributed by atoms with van der Waals surface area (Å²) in [5.74, 6) is -11.0. The summed E-state index contributed by atoms with van der Waals surface area (Å²) in [5.41, 5.74) is -2.09. The first kappa shape index (κ1) is 31.3. The Bertz CT molecular complexity index is 1730. The summed E-state index contributed by atoms with van der Waals surface area (Å²) >= 11 is 0. The minimum atomic E-state index is -5.43. The van der Waals surface area contributed by atoms with E-state index in [1.165, 1.54) is 12.1 Å². The number of nitrogens with one attached hydrogen (secondary N) is 3. The van der Waals surface area contributed by atoms with Crippen molar-refractivity contribution in [2.24, 2.45) is 0 Å². The molecule has 1 heterocycles. The molecule has 43 heavy (non-hydrogen) atoms. The molecule has 3 aromatic carbocycles. The van der Waals surface area contributed by atoms with Crippen LogP contribution in [0.4, 0.5) is 59.6 Å². The van der Waals surface area contributed by atoms with Crippen LogP contribution in [0.15, 0.2) is 59.6 Å². The highest BCUT2D eigenvalue weighted by Crippen LogP contribution is 2.35. The maximum absolute atomic E-state index is 14.5. The zero-order chi connectivity index (χ0) is 31.3. The lowest BCUT2D eigenvalue weighted by Crippen LogP contribution is -2.20. The van der Waals surface area contributed by atoms with Gasteiger partial charge < -0.3 is 20.1 Å². The Kier molecular flexibility index (Phi) is 9.55. The van der Waals surface area contributed by atoms with Crippen LogP contribution < -0.4 is 20.1 Å². The fraction of sp³-hybridized carbons (Fsp3) is 0.154. The molecule has 9 nitrogen and oxygen atoms in total. The quantitative estimate of drug-likeness (QED) is 0.0711. The summed E-state index contributed by atoms with van der Waals surface area (Å²) in [6.45, 7) is 0.749. The van der Waals surface area contributed by atoms with Crippen LogP contribution in [0.1, 0.15) is 12.0 Å². The van der Waals surface area contributed by atoms with Gasteiger partial charge >= 0.3 is 0 Å². The van der Waals surface area contributed by atoms with Gasteiger partial charge in [-0.05, 0) is 42.5 Å². The molecule has 0 saturated carbocycles. The molecule has 228 valence electrons. The van der Waals surface area contributed by atoms with Gasteiger partial charge in [0, 0.05) is 18.5 Å². The maximum Gasteiger partial charge on any atom is 0.268 e. The van der Waals surface area contributed by atoms with Gasteiger partial charge in [0.1, 0.15) is 17.3 Å². The first-order valence-electron chi connectivity index (χ1n) is 12.0. The Morgan fingerprint density at radius 3 is 2.19 bits per heavy atom. The van der Waals surface area contributed by atoms with Gasteiger partial charge in [0.15, 0.2) is 34.9 Å². The molecule has 0 aliphatic carbocycles. The number of benzene rings is 3. The molecular weight excluding hydrogens is 611 g/mol. The molecule has 0 spiro atoms. The third-order valence-electron chi connectivity index (χ3n) is 5.53. The van der Waals surface area contributed by atoms with Crippen molar-refractivity contribution in [3.63, 3.8) is 0 Å². The number of hydrogen-bond acceptors (Lipinski definition) is 8. The molecule has 0 saturated heterocycles. The van der Waals surface area contributed by atoms with Gasteiger partial charge in [0.25, 0.3) is 16.4 Å². The van der Waals surface area contributed by atoms with Crippen molar-refractivity contribution in [2.75, 3.05) is 35.7 Å². The molecule has 1 aromatic heterocycles. The first-order valence-corrected chi connectivity index (χ1v) is 13.4. The number of methoxy groups -OCH3 is 1. The SMILES string of the molecule is COCCOc1ccc(Nc2ncc(F)c(Nc3cccc(NS(=O)(=O)c4c(F)c(F)c(F)c(F)c4C(F)F)c3)n2)cc1. The fourth-order valence-corrected chi connectivity index (χ4v) is 4.94. The first-order chi connectivity index (χ1) is 20.4. The predicted molar refractivity (Wildman–Crippen MR) is 141 cm³/mol. The number of nitrogens with zero attached hydrogens (tertiary/aromatic N) is 2. The third-order valence-corrected chi connectivity index (χ3v) is 6.97. The van der Waals surface area contributed by atoms with Crippen LogP contribution >= 0.6 is 0 Å². The van der Waals surface area contributed by atoms with E-state index in [9.17, 15) is 39.2 Å². The van der Waals surface area contributed by atoms with Crippen LogP contribution in [0.5, 0.6) is 5.75 Å². The van der Waals surface area contributed by atoms with Crippen molar-refractivity contribution in [3.8, 4) is 5.75 Å². The molecule has 0 radical (unpaired) electrons. The summed E-state index contributed by atoms with van der Waals surface area (Å²) in [6.07, 6.45) is -3.17. The normalized spacial score (nSPS) is 11.5. The second-order valence-electron chi connectivity index (χ2n) is 8.49. The van der Waals surface area contributed by atoms with E-state index in [4.69, 9.17) is 9.47 Å². The Morgan fingerprint density at radius 2 is 1.51 bits per heavy atom. The molecule has 0 aliphatic rings. The second kappa shape index (κ2) is 13.1. The maximum atomic E-state index is 14.5. The molecule has 0 bridgehead atoms. The molecule has 0 fully saturated rings. The van der Waals surface area contributed by atoms with Gasteiger partial charge in [-0.1, -0.05) is 6.07 Å². The largest absolute Gasteiger partial charge is 0.491 e. The highest BCUT2D eigenvalue weighted by Gasteiger charge is 2.36. The topological polar surface area (TPSA) is 114 Å².